The molecule has 0 bridgehead atoms. The minimum absolute atomic E-state index is 0.542. The van der Waals surface area contributed by atoms with Crippen LogP contribution in [0.1, 0.15) is 104 Å². The second-order valence-electron chi connectivity index (χ2n) is 6.29. The van der Waals surface area contributed by atoms with Gasteiger partial charge in [0.25, 0.3) is 0 Å². The predicted molar refractivity (Wildman–Crippen MR) is 90.1 cm³/mol. The van der Waals surface area contributed by atoms with Crippen LogP contribution in [0.15, 0.2) is 5.18 Å². The van der Waals surface area contributed by atoms with E-state index >= 15 is 0 Å². The molecule has 0 radical (unpaired) electrons. The van der Waals surface area contributed by atoms with Crippen molar-refractivity contribution in [1.82, 2.24) is 0 Å². The van der Waals surface area contributed by atoms with Crippen molar-refractivity contribution in [3.8, 4) is 0 Å². The van der Waals surface area contributed by atoms with E-state index in [1.807, 2.05) is 0 Å². The standard InChI is InChI=1S/C18H37NO/c1-3-5-7-8-9-10-11-12-14-16-18(17-19-20)15-13-6-4-2/h18H,3-17H2,1-2H3. The van der Waals surface area contributed by atoms with Gasteiger partial charge in [0.05, 0.1) is 6.54 Å². The van der Waals surface area contributed by atoms with Crippen molar-refractivity contribution in [3.05, 3.63) is 4.91 Å². The topological polar surface area (TPSA) is 29.4 Å². The number of rotatable bonds is 16. The highest BCUT2D eigenvalue weighted by atomic mass is 16.3. The molecule has 0 aliphatic carbocycles. The lowest BCUT2D eigenvalue weighted by molar-refractivity contribution is 0.414. The van der Waals surface area contributed by atoms with Gasteiger partial charge in [-0.05, 0) is 18.8 Å². The van der Waals surface area contributed by atoms with E-state index in [0.717, 1.165) is 0 Å². The van der Waals surface area contributed by atoms with Crippen LogP contribution < -0.4 is 0 Å². The Labute approximate surface area is 127 Å². The van der Waals surface area contributed by atoms with E-state index in [1.165, 1.54) is 89.9 Å². The first kappa shape index (κ1) is 19.6. The summed E-state index contributed by atoms with van der Waals surface area (Å²) in [5, 5.41) is 3.12. The van der Waals surface area contributed by atoms with Gasteiger partial charge < -0.3 is 0 Å². The van der Waals surface area contributed by atoms with Gasteiger partial charge in [0.1, 0.15) is 0 Å². The monoisotopic (exact) mass is 283 g/mol. The van der Waals surface area contributed by atoms with Crippen LogP contribution in [0, 0.1) is 10.8 Å². The van der Waals surface area contributed by atoms with Crippen LogP contribution in [0.2, 0.25) is 0 Å². The van der Waals surface area contributed by atoms with Gasteiger partial charge in [-0.2, -0.15) is 4.91 Å². The Kier molecular flexibility index (Phi) is 16.3. The van der Waals surface area contributed by atoms with E-state index in [9.17, 15) is 4.91 Å². The maximum atomic E-state index is 10.5. The summed E-state index contributed by atoms with van der Waals surface area (Å²) in [6.45, 7) is 5.04. The molecule has 1 atom stereocenters. The molecule has 120 valence electrons. The Balaban J connectivity index is 3.36. The lowest BCUT2D eigenvalue weighted by atomic mass is 9.94. The first-order valence-corrected chi connectivity index (χ1v) is 9.14. The van der Waals surface area contributed by atoms with Crippen LogP contribution >= 0.6 is 0 Å². The molecule has 0 spiro atoms. The van der Waals surface area contributed by atoms with Crippen molar-refractivity contribution in [3.63, 3.8) is 0 Å². The van der Waals surface area contributed by atoms with Crippen molar-refractivity contribution >= 4 is 0 Å². The number of nitroso groups, excluding NO2 is 1. The van der Waals surface area contributed by atoms with Crippen LogP contribution in [0.3, 0.4) is 0 Å². The SMILES string of the molecule is CCCCCCCCCCCC(CCCCC)CN=O. The summed E-state index contributed by atoms with van der Waals surface area (Å²) < 4.78 is 0. The molecule has 20 heavy (non-hydrogen) atoms. The summed E-state index contributed by atoms with van der Waals surface area (Å²) in [5.41, 5.74) is 0. The number of hydrogen-bond acceptors (Lipinski definition) is 2. The minimum atomic E-state index is 0.542. The molecule has 0 N–H and O–H groups in total. The van der Waals surface area contributed by atoms with E-state index < -0.39 is 0 Å². The molecule has 0 amide bonds. The Morgan fingerprint density at radius 3 is 1.55 bits per heavy atom. The lowest BCUT2D eigenvalue weighted by Gasteiger charge is -2.12. The predicted octanol–water partition coefficient (Wildman–Crippen LogP) is 6.87. The molecule has 0 fully saturated rings. The third kappa shape index (κ3) is 14.0. The van der Waals surface area contributed by atoms with E-state index in [0.29, 0.717) is 12.5 Å². The van der Waals surface area contributed by atoms with Crippen LogP contribution in [-0.4, -0.2) is 6.54 Å². The molecule has 0 aromatic rings. The highest BCUT2D eigenvalue weighted by molar-refractivity contribution is 4.63. The second kappa shape index (κ2) is 16.7. The van der Waals surface area contributed by atoms with E-state index in [1.54, 1.807) is 0 Å². The normalized spacial score (nSPS) is 12.5. The average molecular weight is 283 g/mol. The zero-order chi connectivity index (χ0) is 14.9. The van der Waals surface area contributed by atoms with Crippen molar-refractivity contribution < 1.29 is 0 Å². The van der Waals surface area contributed by atoms with Gasteiger partial charge in [-0.15, -0.1) is 0 Å². The van der Waals surface area contributed by atoms with Gasteiger partial charge in [0.15, 0.2) is 0 Å². The molecule has 1 unspecified atom stereocenters. The number of nitrogens with zero attached hydrogens (tertiary/aromatic N) is 1. The van der Waals surface area contributed by atoms with Crippen molar-refractivity contribution in [2.24, 2.45) is 11.1 Å². The Hall–Kier alpha value is -0.400. The Morgan fingerprint density at radius 1 is 0.650 bits per heavy atom. The molecule has 0 aromatic carbocycles. The largest absolute Gasteiger partial charge is 0.151 e. The molecule has 0 rings (SSSR count). The molecule has 2 heteroatoms. The summed E-state index contributed by atoms with van der Waals surface area (Å²) in [5.74, 6) is 0.559. The molecular formula is C18H37NO. The van der Waals surface area contributed by atoms with Gasteiger partial charge in [-0.1, -0.05) is 96.1 Å². The molecule has 0 aliphatic heterocycles. The minimum Gasteiger partial charge on any atom is -0.151 e. The quantitative estimate of drug-likeness (QED) is 0.224. The van der Waals surface area contributed by atoms with Gasteiger partial charge >= 0.3 is 0 Å². The van der Waals surface area contributed by atoms with E-state index in [2.05, 4.69) is 19.0 Å². The van der Waals surface area contributed by atoms with Crippen molar-refractivity contribution in [2.75, 3.05) is 6.54 Å². The Bertz CT molecular complexity index is 194. The number of hydrogen-bond donors (Lipinski definition) is 0. The van der Waals surface area contributed by atoms with Crippen molar-refractivity contribution in [1.29, 1.82) is 0 Å². The summed E-state index contributed by atoms with van der Waals surface area (Å²) in [4.78, 5) is 10.5. The summed E-state index contributed by atoms with van der Waals surface area (Å²) in [6.07, 6.45) is 18.7. The molecule has 0 heterocycles. The highest BCUT2D eigenvalue weighted by Crippen LogP contribution is 2.19. The fourth-order valence-corrected chi connectivity index (χ4v) is 2.86. The van der Waals surface area contributed by atoms with Crippen LogP contribution in [0.4, 0.5) is 0 Å². The zero-order valence-electron chi connectivity index (χ0n) is 14.0. The number of unbranched alkanes of at least 4 members (excludes halogenated alkanes) is 10. The van der Waals surface area contributed by atoms with Gasteiger partial charge in [-0.25, -0.2) is 0 Å². The van der Waals surface area contributed by atoms with Gasteiger partial charge in [-0.3, -0.25) is 0 Å². The van der Waals surface area contributed by atoms with Crippen LogP contribution in [0.25, 0.3) is 0 Å². The van der Waals surface area contributed by atoms with Crippen LogP contribution in [-0.2, 0) is 0 Å². The van der Waals surface area contributed by atoms with Crippen LogP contribution in [0.5, 0.6) is 0 Å². The molecular weight excluding hydrogens is 246 g/mol. The third-order valence-corrected chi connectivity index (χ3v) is 4.26. The maximum absolute atomic E-state index is 10.5. The first-order valence-electron chi connectivity index (χ1n) is 9.14. The maximum Gasteiger partial charge on any atom is 0.0839 e. The summed E-state index contributed by atoms with van der Waals surface area (Å²) >= 11 is 0. The van der Waals surface area contributed by atoms with Gasteiger partial charge in [0.2, 0.25) is 0 Å². The molecule has 0 aromatic heterocycles. The lowest BCUT2D eigenvalue weighted by Crippen LogP contribution is -2.04. The van der Waals surface area contributed by atoms with Gasteiger partial charge in [0, 0.05) is 0 Å². The fourth-order valence-electron chi connectivity index (χ4n) is 2.86. The summed E-state index contributed by atoms with van der Waals surface area (Å²) in [7, 11) is 0. The van der Waals surface area contributed by atoms with E-state index in [4.69, 9.17) is 0 Å². The highest BCUT2D eigenvalue weighted by Gasteiger charge is 2.08. The molecule has 0 saturated heterocycles. The van der Waals surface area contributed by atoms with E-state index in [-0.39, 0.29) is 0 Å². The zero-order valence-corrected chi connectivity index (χ0v) is 14.0. The molecule has 0 saturated carbocycles. The molecule has 2 nitrogen and oxygen atoms in total. The smallest absolute Gasteiger partial charge is 0.0839 e. The average Bonchev–Trinajstić information content (AvgIpc) is 2.45. The second-order valence-corrected chi connectivity index (χ2v) is 6.29. The third-order valence-electron chi connectivity index (χ3n) is 4.26. The summed E-state index contributed by atoms with van der Waals surface area (Å²) in [6, 6.07) is 0. The Morgan fingerprint density at radius 2 is 1.05 bits per heavy atom. The molecule has 0 aliphatic rings. The van der Waals surface area contributed by atoms with Crippen molar-refractivity contribution in [2.45, 2.75) is 104 Å². The first-order chi connectivity index (χ1) is 9.85. The fraction of sp³-hybridized carbons (Fsp3) is 1.00.